The summed E-state index contributed by atoms with van der Waals surface area (Å²) in [5.74, 6) is 0.892. The molecular formula is C13H20BrNS. The zero-order chi connectivity index (χ0) is 11.4. The molecule has 1 fully saturated rings. The highest BCUT2D eigenvalue weighted by Crippen LogP contribution is 2.31. The molecule has 0 aromatic carbocycles. The number of hydrogen-bond donors (Lipinski definition) is 1. The lowest BCUT2D eigenvalue weighted by Crippen LogP contribution is -2.34. The van der Waals surface area contributed by atoms with Crippen LogP contribution in [0.4, 0.5) is 0 Å². The molecule has 1 nitrogen and oxygen atoms in total. The Morgan fingerprint density at radius 2 is 2.31 bits per heavy atom. The maximum absolute atomic E-state index is 3.60. The highest BCUT2D eigenvalue weighted by atomic mass is 79.9. The molecule has 1 saturated carbocycles. The summed E-state index contributed by atoms with van der Waals surface area (Å²) in [6.45, 7) is 3.32. The van der Waals surface area contributed by atoms with E-state index in [1.165, 1.54) is 40.8 Å². The Hall–Kier alpha value is 0.140. The van der Waals surface area contributed by atoms with Crippen LogP contribution in [0.15, 0.2) is 15.9 Å². The topological polar surface area (TPSA) is 12.0 Å². The largest absolute Gasteiger partial charge is 0.314 e. The lowest BCUT2D eigenvalue weighted by molar-refractivity contribution is 0.288. The van der Waals surface area contributed by atoms with E-state index in [2.05, 4.69) is 40.3 Å². The van der Waals surface area contributed by atoms with Crippen LogP contribution in [0.2, 0.25) is 0 Å². The lowest BCUT2D eigenvalue weighted by Gasteiger charge is -2.29. The van der Waals surface area contributed by atoms with Gasteiger partial charge in [-0.2, -0.15) is 0 Å². The van der Waals surface area contributed by atoms with Crippen LogP contribution in [-0.4, -0.2) is 12.6 Å². The van der Waals surface area contributed by atoms with Crippen molar-refractivity contribution in [3.8, 4) is 0 Å². The smallest absolute Gasteiger partial charge is 0.0701 e. The highest BCUT2D eigenvalue weighted by molar-refractivity contribution is 9.11. The summed E-state index contributed by atoms with van der Waals surface area (Å²) >= 11 is 5.43. The van der Waals surface area contributed by atoms with Gasteiger partial charge in [0.15, 0.2) is 0 Å². The molecule has 0 bridgehead atoms. The van der Waals surface area contributed by atoms with E-state index in [1.54, 1.807) is 0 Å². The Bertz CT molecular complexity index is 321. The Morgan fingerprint density at radius 1 is 1.44 bits per heavy atom. The van der Waals surface area contributed by atoms with E-state index in [9.17, 15) is 0 Å². The van der Waals surface area contributed by atoms with Crippen LogP contribution in [0.5, 0.6) is 0 Å². The molecule has 1 aromatic rings. The zero-order valence-electron chi connectivity index (χ0n) is 9.84. The van der Waals surface area contributed by atoms with Gasteiger partial charge >= 0.3 is 0 Å². The lowest BCUT2D eigenvalue weighted by atomic mass is 9.83. The van der Waals surface area contributed by atoms with Gasteiger partial charge in [0.2, 0.25) is 0 Å². The monoisotopic (exact) mass is 301 g/mol. The molecule has 0 spiro atoms. The number of hydrogen-bond acceptors (Lipinski definition) is 2. The van der Waals surface area contributed by atoms with Crippen molar-refractivity contribution in [2.75, 3.05) is 6.54 Å². The van der Waals surface area contributed by atoms with Gasteiger partial charge in [-0.25, -0.2) is 0 Å². The molecule has 2 atom stereocenters. The third-order valence-electron chi connectivity index (χ3n) is 3.39. The van der Waals surface area contributed by atoms with Crippen molar-refractivity contribution in [3.63, 3.8) is 0 Å². The fraction of sp³-hybridized carbons (Fsp3) is 0.692. The van der Waals surface area contributed by atoms with Crippen molar-refractivity contribution in [2.24, 2.45) is 5.92 Å². The van der Waals surface area contributed by atoms with Crippen LogP contribution in [0.3, 0.4) is 0 Å². The first-order valence-electron chi connectivity index (χ1n) is 6.25. The second-order valence-electron chi connectivity index (χ2n) is 4.70. The van der Waals surface area contributed by atoms with Gasteiger partial charge in [-0.05, 0) is 66.2 Å². The first-order valence-corrected chi connectivity index (χ1v) is 7.86. The van der Waals surface area contributed by atoms with E-state index in [4.69, 9.17) is 0 Å². The molecule has 0 aliphatic heterocycles. The van der Waals surface area contributed by atoms with E-state index >= 15 is 0 Å². The Morgan fingerprint density at radius 3 is 3.00 bits per heavy atom. The molecule has 90 valence electrons. The predicted molar refractivity (Wildman–Crippen MR) is 75.1 cm³/mol. The maximum Gasteiger partial charge on any atom is 0.0701 e. The zero-order valence-corrected chi connectivity index (χ0v) is 12.2. The molecule has 2 rings (SSSR count). The minimum Gasteiger partial charge on any atom is -0.314 e. The molecule has 3 heteroatoms. The summed E-state index contributed by atoms with van der Waals surface area (Å²) < 4.78 is 1.27. The van der Waals surface area contributed by atoms with Gasteiger partial charge in [0.05, 0.1) is 3.79 Å². The van der Waals surface area contributed by atoms with E-state index in [-0.39, 0.29) is 0 Å². The third kappa shape index (κ3) is 3.57. The highest BCUT2D eigenvalue weighted by Gasteiger charge is 2.21. The van der Waals surface area contributed by atoms with Gasteiger partial charge in [0, 0.05) is 10.9 Å². The van der Waals surface area contributed by atoms with Gasteiger partial charge < -0.3 is 5.32 Å². The van der Waals surface area contributed by atoms with E-state index in [1.807, 2.05) is 11.3 Å². The van der Waals surface area contributed by atoms with Gasteiger partial charge in [0.1, 0.15) is 0 Å². The maximum atomic E-state index is 3.60. The normalized spacial score (nSPS) is 25.9. The average molecular weight is 302 g/mol. The SMILES string of the molecule is CCNC1CCCC(Cc2ccc(Br)s2)C1. The van der Waals surface area contributed by atoms with Crippen molar-refractivity contribution < 1.29 is 0 Å². The number of rotatable bonds is 4. The molecule has 1 heterocycles. The summed E-state index contributed by atoms with van der Waals surface area (Å²) in [6, 6.07) is 5.21. The molecule has 2 unspecified atom stereocenters. The molecular weight excluding hydrogens is 282 g/mol. The van der Waals surface area contributed by atoms with E-state index < -0.39 is 0 Å². The van der Waals surface area contributed by atoms with Crippen LogP contribution in [0.1, 0.15) is 37.5 Å². The fourth-order valence-electron chi connectivity index (χ4n) is 2.70. The summed E-state index contributed by atoms with van der Waals surface area (Å²) in [7, 11) is 0. The summed E-state index contributed by atoms with van der Waals surface area (Å²) in [4.78, 5) is 1.54. The molecule has 1 aliphatic rings. The van der Waals surface area contributed by atoms with Gasteiger partial charge in [-0.15, -0.1) is 11.3 Å². The third-order valence-corrected chi connectivity index (χ3v) is 5.04. The van der Waals surface area contributed by atoms with Crippen LogP contribution < -0.4 is 5.32 Å². The van der Waals surface area contributed by atoms with Crippen molar-refractivity contribution in [1.82, 2.24) is 5.32 Å². The van der Waals surface area contributed by atoms with Crippen LogP contribution in [0.25, 0.3) is 0 Å². The van der Waals surface area contributed by atoms with E-state index in [0.29, 0.717) is 0 Å². The molecule has 0 amide bonds. The second kappa shape index (κ2) is 6.18. The van der Waals surface area contributed by atoms with Crippen molar-refractivity contribution in [1.29, 1.82) is 0 Å². The molecule has 1 N–H and O–H groups in total. The summed E-state index contributed by atoms with van der Waals surface area (Å²) in [5, 5.41) is 3.60. The van der Waals surface area contributed by atoms with Crippen molar-refractivity contribution in [3.05, 3.63) is 20.8 Å². The molecule has 1 aromatic heterocycles. The predicted octanol–water partition coefficient (Wildman–Crippen LogP) is 4.22. The molecule has 1 aliphatic carbocycles. The molecule has 0 radical (unpaired) electrons. The Labute approximate surface area is 111 Å². The van der Waals surface area contributed by atoms with Crippen LogP contribution >= 0.6 is 27.3 Å². The van der Waals surface area contributed by atoms with Crippen molar-refractivity contribution >= 4 is 27.3 Å². The second-order valence-corrected chi connectivity index (χ2v) is 7.24. The standard InChI is InChI=1S/C13H20BrNS/c1-2-15-11-5-3-4-10(8-11)9-12-6-7-13(14)16-12/h6-7,10-11,15H,2-5,8-9H2,1H3. The minimum absolute atomic E-state index is 0.771. The van der Waals surface area contributed by atoms with Gasteiger partial charge in [-0.3, -0.25) is 0 Å². The summed E-state index contributed by atoms with van der Waals surface area (Å²) in [6.07, 6.45) is 6.83. The quantitative estimate of drug-likeness (QED) is 0.878. The minimum atomic E-state index is 0.771. The van der Waals surface area contributed by atoms with E-state index in [0.717, 1.165) is 18.5 Å². The molecule has 0 saturated heterocycles. The summed E-state index contributed by atoms with van der Waals surface area (Å²) in [5.41, 5.74) is 0. The molecule has 16 heavy (non-hydrogen) atoms. The number of halogens is 1. The first kappa shape index (κ1) is 12.6. The number of nitrogens with one attached hydrogen (secondary N) is 1. The van der Waals surface area contributed by atoms with Crippen molar-refractivity contribution in [2.45, 2.75) is 45.1 Å². The van der Waals surface area contributed by atoms with Gasteiger partial charge in [-0.1, -0.05) is 13.3 Å². The van der Waals surface area contributed by atoms with Gasteiger partial charge in [0.25, 0.3) is 0 Å². The van der Waals surface area contributed by atoms with Crippen LogP contribution in [0, 0.1) is 5.92 Å². The van der Waals surface area contributed by atoms with Crippen LogP contribution in [-0.2, 0) is 6.42 Å². The first-order chi connectivity index (χ1) is 7.78. The number of thiophene rings is 1. The fourth-order valence-corrected chi connectivity index (χ4v) is 4.29. The Kier molecular flexibility index (Phi) is 4.86. The Balaban J connectivity index is 1.85. The average Bonchev–Trinajstić information content (AvgIpc) is 2.65.